The molecule has 2 atom stereocenters. The summed E-state index contributed by atoms with van der Waals surface area (Å²) >= 11 is 0. The Kier molecular flexibility index (Phi) is 5.51. The van der Waals surface area contributed by atoms with E-state index < -0.39 is 10.8 Å². The molecule has 1 heterocycles. The molecule has 50 heavy (non-hydrogen) atoms. The van der Waals surface area contributed by atoms with Crippen molar-refractivity contribution in [2.75, 3.05) is 0 Å². The summed E-state index contributed by atoms with van der Waals surface area (Å²) in [5.41, 5.74) is 15.8. The Labute approximate surface area is 292 Å². The van der Waals surface area contributed by atoms with E-state index in [1.165, 1.54) is 83.1 Å². The lowest BCUT2D eigenvalue weighted by atomic mass is 9.64. The lowest BCUT2D eigenvalue weighted by Crippen LogP contribution is -2.31. The van der Waals surface area contributed by atoms with Gasteiger partial charge in [-0.3, -0.25) is 0 Å². The van der Waals surface area contributed by atoms with E-state index in [2.05, 4.69) is 183 Å². The number of benzene rings is 8. The maximum atomic E-state index is 6.82. The fraction of sp³-hybridized carbons (Fsp3) is 0.0612. The van der Waals surface area contributed by atoms with Gasteiger partial charge in [0.15, 0.2) is 0 Å². The van der Waals surface area contributed by atoms with E-state index in [0.717, 1.165) is 11.5 Å². The van der Waals surface area contributed by atoms with E-state index in [-0.39, 0.29) is 0 Å². The van der Waals surface area contributed by atoms with E-state index >= 15 is 0 Å². The van der Waals surface area contributed by atoms with E-state index in [1.807, 2.05) is 0 Å². The molecule has 2 unspecified atom stereocenters. The van der Waals surface area contributed by atoms with Crippen LogP contribution in [-0.2, 0) is 10.8 Å². The molecular weight excluding hydrogens is 605 g/mol. The van der Waals surface area contributed by atoms with Gasteiger partial charge in [-0.05, 0) is 91.0 Å². The lowest BCUT2D eigenvalue weighted by Gasteiger charge is -2.40. The summed E-state index contributed by atoms with van der Waals surface area (Å²) in [6.07, 6.45) is 0. The molecule has 0 N–H and O–H groups in total. The second-order valence-electron chi connectivity index (χ2n) is 14.0. The summed E-state index contributed by atoms with van der Waals surface area (Å²) in [7, 11) is 0. The average Bonchev–Trinajstić information content (AvgIpc) is 3.66. The van der Waals surface area contributed by atoms with Gasteiger partial charge < -0.3 is 4.74 Å². The molecule has 1 nitrogen and oxygen atoms in total. The molecule has 0 radical (unpaired) electrons. The van der Waals surface area contributed by atoms with Gasteiger partial charge in [0.2, 0.25) is 0 Å². The minimum absolute atomic E-state index is 0.457. The normalized spacial score (nSPS) is 18.8. The van der Waals surface area contributed by atoms with E-state index in [4.69, 9.17) is 4.74 Å². The first kappa shape index (κ1) is 27.7. The van der Waals surface area contributed by atoms with E-state index in [0.29, 0.717) is 0 Å². The molecule has 0 fully saturated rings. The Hall–Kier alpha value is -6.18. The third kappa shape index (κ3) is 3.32. The monoisotopic (exact) mass is 636 g/mol. The smallest absolute Gasteiger partial charge is 0.132 e. The number of fused-ring (bicyclic) bond motifs is 14. The van der Waals surface area contributed by atoms with Crippen LogP contribution in [-0.4, -0.2) is 0 Å². The van der Waals surface area contributed by atoms with Gasteiger partial charge in [-0.25, -0.2) is 0 Å². The molecular formula is C49H32O. The first-order valence-corrected chi connectivity index (χ1v) is 17.5. The Morgan fingerprint density at radius 2 is 0.880 bits per heavy atom. The highest BCUT2D eigenvalue weighted by Crippen LogP contribution is 2.66. The highest BCUT2D eigenvalue weighted by atomic mass is 16.5. The lowest BCUT2D eigenvalue weighted by molar-refractivity contribution is 0.428. The Morgan fingerprint density at radius 1 is 0.360 bits per heavy atom. The molecule has 2 aliphatic carbocycles. The summed E-state index contributed by atoms with van der Waals surface area (Å²) in [5, 5.41) is 2.57. The maximum absolute atomic E-state index is 6.82. The summed E-state index contributed by atoms with van der Waals surface area (Å²) in [4.78, 5) is 0. The summed E-state index contributed by atoms with van der Waals surface area (Å²) in [5.74, 6) is 1.82. The molecule has 1 heteroatoms. The van der Waals surface area contributed by atoms with Crippen LogP contribution in [0.1, 0.15) is 45.9 Å². The quantitative estimate of drug-likeness (QED) is 0.183. The predicted octanol–water partition coefficient (Wildman–Crippen LogP) is 12.3. The van der Waals surface area contributed by atoms with Crippen molar-refractivity contribution in [2.24, 2.45) is 0 Å². The van der Waals surface area contributed by atoms with Crippen LogP contribution in [0.2, 0.25) is 0 Å². The van der Waals surface area contributed by atoms with Crippen molar-refractivity contribution in [1.29, 1.82) is 0 Å². The van der Waals surface area contributed by atoms with Crippen LogP contribution >= 0.6 is 0 Å². The van der Waals surface area contributed by atoms with E-state index in [1.54, 1.807) is 0 Å². The largest absolute Gasteiger partial charge is 0.457 e. The molecule has 1 spiro atoms. The van der Waals surface area contributed by atoms with Crippen LogP contribution in [0.3, 0.4) is 0 Å². The Morgan fingerprint density at radius 3 is 1.64 bits per heavy atom. The molecule has 0 aromatic heterocycles. The van der Waals surface area contributed by atoms with Gasteiger partial charge in [-0.15, -0.1) is 0 Å². The average molecular weight is 637 g/mol. The van der Waals surface area contributed by atoms with Crippen molar-refractivity contribution in [3.05, 3.63) is 215 Å². The van der Waals surface area contributed by atoms with Gasteiger partial charge >= 0.3 is 0 Å². The Balaban J connectivity index is 1.31. The van der Waals surface area contributed by atoms with Gasteiger partial charge in [0.25, 0.3) is 0 Å². The Bertz CT molecular complexity index is 2690. The van der Waals surface area contributed by atoms with Gasteiger partial charge in [-0.1, -0.05) is 164 Å². The number of para-hydroxylation sites is 1. The van der Waals surface area contributed by atoms with Crippen LogP contribution in [0, 0.1) is 0 Å². The van der Waals surface area contributed by atoms with Crippen molar-refractivity contribution in [2.45, 2.75) is 17.8 Å². The first-order chi connectivity index (χ1) is 24.7. The van der Waals surface area contributed by atoms with Crippen molar-refractivity contribution in [3.8, 4) is 44.9 Å². The zero-order valence-electron chi connectivity index (χ0n) is 27.7. The molecule has 0 amide bonds. The predicted molar refractivity (Wildman–Crippen MR) is 204 cm³/mol. The van der Waals surface area contributed by atoms with Crippen LogP contribution in [0.15, 0.2) is 176 Å². The van der Waals surface area contributed by atoms with Crippen LogP contribution < -0.4 is 4.74 Å². The number of hydrogen-bond acceptors (Lipinski definition) is 1. The fourth-order valence-corrected chi connectivity index (χ4v) is 9.85. The molecule has 8 aromatic carbocycles. The van der Waals surface area contributed by atoms with Gasteiger partial charge in [0, 0.05) is 11.1 Å². The molecule has 0 bridgehead atoms. The molecule has 3 aliphatic rings. The minimum atomic E-state index is -0.505. The topological polar surface area (TPSA) is 9.23 Å². The maximum Gasteiger partial charge on any atom is 0.132 e. The summed E-state index contributed by atoms with van der Waals surface area (Å²) in [6.45, 7) is 2.38. The van der Waals surface area contributed by atoms with Crippen molar-refractivity contribution < 1.29 is 4.74 Å². The standard InChI is InChI=1S/C49H32O/c1-48(32-16-3-2-4-17-32)42-26-11-12-27-43(42)50-44-28-14-23-38(47(44)48)37-22-13-21-36-34-19-7-9-24-40(34)49(46(36)37)41-25-10-8-20-35(41)39-30-29-31-15-5-6-18-33(31)45(39)49/h2-30H,1H3. The zero-order chi connectivity index (χ0) is 33.0. The van der Waals surface area contributed by atoms with Crippen LogP contribution in [0.25, 0.3) is 44.2 Å². The number of rotatable bonds is 2. The number of ether oxygens (including phenoxy) is 1. The highest BCUT2D eigenvalue weighted by molar-refractivity contribution is 6.05. The molecule has 234 valence electrons. The third-order valence-electron chi connectivity index (χ3n) is 11.8. The SMILES string of the molecule is CC1(c2ccccc2)c2ccccc2Oc2cccc(-c3cccc4c3C3(c5ccccc5-4)c4ccccc4-c4ccc5ccccc5c43)c21. The second-order valence-corrected chi connectivity index (χ2v) is 14.0. The van der Waals surface area contributed by atoms with Gasteiger partial charge in [0.05, 0.1) is 10.8 Å². The van der Waals surface area contributed by atoms with E-state index in [9.17, 15) is 0 Å². The third-order valence-corrected chi connectivity index (χ3v) is 11.8. The molecule has 0 saturated heterocycles. The highest BCUT2D eigenvalue weighted by Gasteiger charge is 2.54. The number of hydrogen-bond donors (Lipinski definition) is 0. The molecule has 11 rings (SSSR count). The van der Waals surface area contributed by atoms with Crippen molar-refractivity contribution in [1.82, 2.24) is 0 Å². The summed E-state index contributed by atoms with van der Waals surface area (Å²) in [6, 6.07) is 64.9. The van der Waals surface area contributed by atoms with Crippen molar-refractivity contribution >= 4 is 10.8 Å². The zero-order valence-corrected chi connectivity index (χ0v) is 27.7. The minimum Gasteiger partial charge on any atom is -0.457 e. The van der Waals surface area contributed by atoms with Crippen LogP contribution in [0.4, 0.5) is 0 Å². The van der Waals surface area contributed by atoms with Crippen LogP contribution in [0.5, 0.6) is 11.5 Å². The van der Waals surface area contributed by atoms with Gasteiger partial charge in [-0.2, -0.15) is 0 Å². The molecule has 0 saturated carbocycles. The first-order valence-electron chi connectivity index (χ1n) is 17.5. The molecule has 1 aliphatic heterocycles. The summed E-state index contributed by atoms with van der Waals surface area (Å²) < 4.78 is 6.82. The fourth-order valence-electron chi connectivity index (χ4n) is 9.85. The second kappa shape index (κ2) is 9.94. The molecule has 8 aromatic rings. The van der Waals surface area contributed by atoms with Crippen molar-refractivity contribution in [3.63, 3.8) is 0 Å². The van der Waals surface area contributed by atoms with Gasteiger partial charge in [0.1, 0.15) is 11.5 Å².